The molecule has 0 heterocycles. The first-order chi connectivity index (χ1) is 7.24. The summed E-state index contributed by atoms with van der Waals surface area (Å²) in [4.78, 5) is 2.53. The van der Waals surface area contributed by atoms with Crippen LogP contribution in [0.1, 0.15) is 58.3 Å². The molecule has 0 N–H and O–H groups in total. The van der Waals surface area contributed by atoms with E-state index in [-0.39, 0.29) is 0 Å². The molecule has 0 aliphatic heterocycles. The van der Waals surface area contributed by atoms with Crippen molar-refractivity contribution in [2.24, 2.45) is 0 Å². The summed E-state index contributed by atoms with van der Waals surface area (Å²) in [6, 6.07) is 0.931. The molecule has 0 aromatic rings. The third-order valence-electron chi connectivity index (χ3n) is 3.31. The average molecular weight is 209 g/mol. The normalized spacial score (nSPS) is 15.9. The smallest absolute Gasteiger partial charge is 0.00933 e. The largest absolute Gasteiger partial charge is 0.303 e. The Morgan fingerprint density at radius 1 is 1.20 bits per heavy atom. The molecule has 0 amide bonds. The van der Waals surface area contributed by atoms with Crippen molar-refractivity contribution in [2.75, 3.05) is 13.6 Å². The first kappa shape index (κ1) is 12.8. The Labute approximate surface area is 95.5 Å². The van der Waals surface area contributed by atoms with Crippen molar-refractivity contribution >= 4 is 0 Å². The Morgan fingerprint density at radius 3 is 2.53 bits per heavy atom. The van der Waals surface area contributed by atoms with Crippen LogP contribution < -0.4 is 0 Å². The van der Waals surface area contributed by atoms with Crippen LogP contribution in [0.5, 0.6) is 0 Å². The molecule has 1 rings (SSSR count). The van der Waals surface area contributed by atoms with Gasteiger partial charge < -0.3 is 4.90 Å². The van der Waals surface area contributed by atoms with Gasteiger partial charge in [-0.15, -0.1) is 0 Å². The zero-order valence-electron chi connectivity index (χ0n) is 10.6. The maximum Gasteiger partial charge on any atom is 0.00933 e. The van der Waals surface area contributed by atoms with Crippen LogP contribution in [0.25, 0.3) is 0 Å². The van der Waals surface area contributed by atoms with E-state index in [4.69, 9.17) is 0 Å². The van der Waals surface area contributed by atoms with Crippen molar-refractivity contribution < 1.29 is 0 Å². The van der Waals surface area contributed by atoms with Gasteiger partial charge in [-0.05, 0) is 52.1 Å². The molecule has 0 unspecified atom stereocenters. The summed E-state index contributed by atoms with van der Waals surface area (Å²) in [6.45, 7) is 7.63. The number of allylic oxidation sites excluding steroid dienone is 1. The number of unbranched alkanes of at least 4 members (excludes halogenated alkanes) is 2. The first-order valence-electron chi connectivity index (χ1n) is 6.61. The van der Waals surface area contributed by atoms with E-state index in [0.717, 1.165) is 6.04 Å². The molecule has 1 aliphatic rings. The molecule has 0 saturated heterocycles. The molecule has 88 valence electrons. The third kappa shape index (κ3) is 5.99. The maximum absolute atomic E-state index is 4.10. The standard InChI is InChI=1S/C14H27N/c1-4-8-13(2)9-6-5-7-12-15(3)14-10-11-14/h14H,2,4-12H2,1,3H3. The van der Waals surface area contributed by atoms with Gasteiger partial charge in [0.05, 0.1) is 0 Å². The topological polar surface area (TPSA) is 3.24 Å². The molecule has 0 radical (unpaired) electrons. The van der Waals surface area contributed by atoms with E-state index < -0.39 is 0 Å². The van der Waals surface area contributed by atoms with Crippen molar-refractivity contribution in [1.82, 2.24) is 4.90 Å². The molecule has 1 heteroatoms. The van der Waals surface area contributed by atoms with Crippen LogP contribution in [-0.4, -0.2) is 24.5 Å². The first-order valence-corrected chi connectivity index (χ1v) is 6.61. The van der Waals surface area contributed by atoms with E-state index in [1.165, 1.54) is 63.5 Å². The molecule has 15 heavy (non-hydrogen) atoms. The molecule has 0 bridgehead atoms. The summed E-state index contributed by atoms with van der Waals surface area (Å²) >= 11 is 0. The Bertz CT molecular complexity index is 182. The summed E-state index contributed by atoms with van der Waals surface area (Å²) in [7, 11) is 2.27. The number of rotatable bonds is 9. The highest BCUT2D eigenvalue weighted by molar-refractivity contribution is 4.92. The van der Waals surface area contributed by atoms with Crippen molar-refractivity contribution in [3.05, 3.63) is 12.2 Å². The minimum Gasteiger partial charge on any atom is -0.303 e. The van der Waals surface area contributed by atoms with Crippen molar-refractivity contribution in [1.29, 1.82) is 0 Å². The zero-order valence-corrected chi connectivity index (χ0v) is 10.6. The van der Waals surface area contributed by atoms with Gasteiger partial charge in [-0.25, -0.2) is 0 Å². The Kier molecular flexibility index (Phi) is 6.00. The molecule has 0 aromatic heterocycles. The van der Waals surface area contributed by atoms with Crippen LogP contribution >= 0.6 is 0 Å². The summed E-state index contributed by atoms with van der Waals surface area (Å²) < 4.78 is 0. The maximum atomic E-state index is 4.10. The molecule has 0 spiro atoms. The van der Waals surface area contributed by atoms with Gasteiger partial charge in [0.2, 0.25) is 0 Å². The van der Waals surface area contributed by atoms with Crippen LogP contribution in [0.15, 0.2) is 12.2 Å². The fraction of sp³-hybridized carbons (Fsp3) is 0.857. The van der Waals surface area contributed by atoms with E-state index in [1.54, 1.807) is 0 Å². The highest BCUT2D eigenvalue weighted by Crippen LogP contribution is 2.25. The lowest BCUT2D eigenvalue weighted by Gasteiger charge is -2.15. The number of hydrogen-bond donors (Lipinski definition) is 0. The van der Waals surface area contributed by atoms with E-state index in [1.807, 2.05) is 0 Å². The lowest BCUT2D eigenvalue weighted by Crippen LogP contribution is -2.21. The lowest BCUT2D eigenvalue weighted by molar-refractivity contribution is 0.315. The monoisotopic (exact) mass is 209 g/mol. The Balaban J connectivity index is 1.85. The second kappa shape index (κ2) is 7.05. The second-order valence-electron chi connectivity index (χ2n) is 5.02. The summed E-state index contributed by atoms with van der Waals surface area (Å²) in [5.41, 5.74) is 1.45. The van der Waals surface area contributed by atoms with Gasteiger partial charge in [0.15, 0.2) is 0 Å². The lowest BCUT2D eigenvalue weighted by atomic mass is 10.0. The van der Waals surface area contributed by atoms with Gasteiger partial charge in [-0.3, -0.25) is 0 Å². The van der Waals surface area contributed by atoms with Crippen LogP contribution in [0.2, 0.25) is 0 Å². The van der Waals surface area contributed by atoms with Gasteiger partial charge in [-0.2, -0.15) is 0 Å². The predicted octanol–water partition coefficient (Wildman–Crippen LogP) is 4.00. The minimum absolute atomic E-state index is 0.931. The SMILES string of the molecule is C=C(CCC)CCCCCN(C)C1CC1. The molecule has 1 fully saturated rings. The second-order valence-corrected chi connectivity index (χ2v) is 5.02. The fourth-order valence-electron chi connectivity index (χ4n) is 2.09. The minimum atomic E-state index is 0.931. The zero-order chi connectivity index (χ0) is 11.1. The van der Waals surface area contributed by atoms with Crippen LogP contribution in [0.3, 0.4) is 0 Å². The average Bonchev–Trinajstić information content (AvgIpc) is 3.00. The van der Waals surface area contributed by atoms with Gasteiger partial charge in [0.25, 0.3) is 0 Å². The summed E-state index contributed by atoms with van der Waals surface area (Å²) in [6.07, 6.45) is 10.7. The predicted molar refractivity (Wildman–Crippen MR) is 68.2 cm³/mol. The highest BCUT2D eigenvalue weighted by atomic mass is 15.1. The van der Waals surface area contributed by atoms with E-state index >= 15 is 0 Å². The molecular formula is C14H27N. The van der Waals surface area contributed by atoms with Gasteiger partial charge in [0.1, 0.15) is 0 Å². The number of hydrogen-bond acceptors (Lipinski definition) is 1. The number of nitrogens with zero attached hydrogens (tertiary/aromatic N) is 1. The van der Waals surface area contributed by atoms with Gasteiger partial charge >= 0.3 is 0 Å². The van der Waals surface area contributed by atoms with Gasteiger partial charge in [-0.1, -0.05) is 31.9 Å². The summed E-state index contributed by atoms with van der Waals surface area (Å²) in [5.74, 6) is 0. The highest BCUT2D eigenvalue weighted by Gasteiger charge is 2.25. The Morgan fingerprint density at radius 2 is 1.93 bits per heavy atom. The van der Waals surface area contributed by atoms with E-state index in [2.05, 4.69) is 25.5 Å². The van der Waals surface area contributed by atoms with E-state index in [9.17, 15) is 0 Å². The van der Waals surface area contributed by atoms with Crippen LogP contribution in [0.4, 0.5) is 0 Å². The van der Waals surface area contributed by atoms with Gasteiger partial charge in [0, 0.05) is 6.04 Å². The molecule has 0 atom stereocenters. The Hall–Kier alpha value is -0.300. The molecular weight excluding hydrogens is 182 g/mol. The molecule has 0 aromatic carbocycles. The summed E-state index contributed by atoms with van der Waals surface area (Å²) in [5, 5.41) is 0. The van der Waals surface area contributed by atoms with Crippen LogP contribution in [0, 0.1) is 0 Å². The van der Waals surface area contributed by atoms with Crippen molar-refractivity contribution in [3.8, 4) is 0 Å². The quantitative estimate of drug-likeness (QED) is 0.410. The fourth-order valence-corrected chi connectivity index (χ4v) is 2.09. The molecule has 1 saturated carbocycles. The van der Waals surface area contributed by atoms with Crippen LogP contribution in [-0.2, 0) is 0 Å². The van der Waals surface area contributed by atoms with Crippen molar-refractivity contribution in [2.45, 2.75) is 64.3 Å². The van der Waals surface area contributed by atoms with E-state index in [0.29, 0.717) is 0 Å². The molecule has 1 nitrogen and oxygen atoms in total. The van der Waals surface area contributed by atoms with Crippen molar-refractivity contribution in [3.63, 3.8) is 0 Å². The third-order valence-corrected chi connectivity index (χ3v) is 3.31. The molecule has 1 aliphatic carbocycles.